The Morgan fingerprint density at radius 2 is 1.84 bits per heavy atom. The van der Waals surface area contributed by atoms with Gasteiger partial charge in [0.15, 0.2) is 0 Å². The topological polar surface area (TPSA) is 61.0 Å². The lowest BCUT2D eigenvalue weighted by Gasteiger charge is -2.19. The summed E-state index contributed by atoms with van der Waals surface area (Å²) in [5.41, 5.74) is 6.99. The SMILES string of the molecule is CC(C)(C)c1ccc(OCCc2nnc(N)s2)cc1. The number of anilines is 1. The summed E-state index contributed by atoms with van der Waals surface area (Å²) < 4.78 is 5.68. The van der Waals surface area contributed by atoms with Crippen molar-refractivity contribution in [2.24, 2.45) is 0 Å². The van der Waals surface area contributed by atoms with E-state index in [0.717, 1.165) is 17.2 Å². The third-order valence-corrected chi connectivity index (χ3v) is 3.60. The first-order valence-electron chi connectivity index (χ1n) is 6.26. The monoisotopic (exact) mass is 277 g/mol. The summed E-state index contributed by atoms with van der Waals surface area (Å²) in [4.78, 5) is 0. The molecule has 0 spiro atoms. The lowest BCUT2D eigenvalue weighted by molar-refractivity contribution is 0.321. The Balaban J connectivity index is 1.86. The molecule has 0 saturated heterocycles. The fraction of sp³-hybridized carbons (Fsp3) is 0.429. The highest BCUT2D eigenvalue weighted by molar-refractivity contribution is 7.15. The van der Waals surface area contributed by atoms with Gasteiger partial charge in [-0.2, -0.15) is 0 Å². The summed E-state index contributed by atoms with van der Waals surface area (Å²) in [6.45, 7) is 7.18. The fourth-order valence-corrected chi connectivity index (χ4v) is 2.27. The third-order valence-electron chi connectivity index (χ3n) is 2.79. The second kappa shape index (κ2) is 5.57. The first-order chi connectivity index (χ1) is 8.95. The van der Waals surface area contributed by atoms with Gasteiger partial charge in [-0.25, -0.2) is 0 Å². The molecule has 0 bridgehead atoms. The molecule has 5 heteroatoms. The fourth-order valence-electron chi connectivity index (χ4n) is 1.67. The number of nitrogen functional groups attached to an aromatic ring is 1. The van der Waals surface area contributed by atoms with Crippen molar-refractivity contribution in [2.45, 2.75) is 32.6 Å². The molecule has 2 aromatic rings. The van der Waals surface area contributed by atoms with E-state index in [1.807, 2.05) is 12.1 Å². The molecule has 19 heavy (non-hydrogen) atoms. The maximum absolute atomic E-state index is 5.68. The van der Waals surface area contributed by atoms with E-state index >= 15 is 0 Å². The lowest BCUT2D eigenvalue weighted by atomic mass is 9.87. The van der Waals surface area contributed by atoms with Crippen molar-refractivity contribution >= 4 is 16.5 Å². The number of benzene rings is 1. The molecule has 0 aliphatic rings. The molecule has 0 radical (unpaired) electrons. The smallest absolute Gasteiger partial charge is 0.203 e. The summed E-state index contributed by atoms with van der Waals surface area (Å²) in [6.07, 6.45) is 0.732. The van der Waals surface area contributed by atoms with Crippen LogP contribution in [0.2, 0.25) is 0 Å². The molecule has 0 fully saturated rings. The lowest BCUT2D eigenvalue weighted by Crippen LogP contribution is -2.10. The van der Waals surface area contributed by atoms with Crippen molar-refractivity contribution in [3.8, 4) is 5.75 Å². The molecule has 0 aliphatic carbocycles. The third kappa shape index (κ3) is 3.92. The zero-order chi connectivity index (χ0) is 13.9. The van der Waals surface area contributed by atoms with Gasteiger partial charge in [0.25, 0.3) is 0 Å². The molecular weight excluding hydrogens is 258 g/mol. The van der Waals surface area contributed by atoms with Crippen LogP contribution < -0.4 is 10.5 Å². The maximum Gasteiger partial charge on any atom is 0.203 e. The van der Waals surface area contributed by atoms with Crippen LogP contribution in [0.3, 0.4) is 0 Å². The Hall–Kier alpha value is -1.62. The summed E-state index contributed by atoms with van der Waals surface area (Å²) >= 11 is 1.40. The predicted molar refractivity (Wildman–Crippen MR) is 78.7 cm³/mol. The van der Waals surface area contributed by atoms with Crippen LogP contribution >= 0.6 is 11.3 Å². The highest BCUT2D eigenvalue weighted by Gasteiger charge is 2.12. The second-order valence-electron chi connectivity index (χ2n) is 5.41. The first kappa shape index (κ1) is 13.8. The Bertz CT molecular complexity index is 528. The Morgan fingerprint density at radius 1 is 1.16 bits per heavy atom. The van der Waals surface area contributed by atoms with Crippen LogP contribution in [0.5, 0.6) is 5.75 Å². The predicted octanol–water partition coefficient (Wildman–Crippen LogP) is 3.04. The van der Waals surface area contributed by atoms with E-state index in [1.165, 1.54) is 16.9 Å². The van der Waals surface area contributed by atoms with E-state index in [2.05, 4.69) is 43.1 Å². The van der Waals surface area contributed by atoms with Gasteiger partial charge >= 0.3 is 0 Å². The van der Waals surface area contributed by atoms with E-state index < -0.39 is 0 Å². The first-order valence-corrected chi connectivity index (χ1v) is 7.08. The zero-order valence-corrected chi connectivity index (χ0v) is 12.3. The molecule has 0 unspecified atom stereocenters. The zero-order valence-electron chi connectivity index (χ0n) is 11.5. The number of rotatable bonds is 4. The maximum atomic E-state index is 5.68. The van der Waals surface area contributed by atoms with Crippen LogP contribution in [0.1, 0.15) is 31.3 Å². The van der Waals surface area contributed by atoms with E-state index in [4.69, 9.17) is 10.5 Å². The van der Waals surface area contributed by atoms with Crippen LogP contribution in [0.15, 0.2) is 24.3 Å². The highest BCUT2D eigenvalue weighted by atomic mass is 32.1. The minimum Gasteiger partial charge on any atom is -0.493 e. The van der Waals surface area contributed by atoms with Crippen LogP contribution in [-0.4, -0.2) is 16.8 Å². The van der Waals surface area contributed by atoms with Crippen molar-refractivity contribution < 1.29 is 4.74 Å². The van der Waals surface area contributed by atoms with E-state index in [1.54, 1.807) is 0 Å². The summed E-state index contributed by atoms with van der Waals surface area (Å²) in [7, 11) is 0. The normalized spacial score (nSPS) is 11.5. The van der Waals surface area contributed by atoms with Gasteiger partial charge in [-0.05, 0) is 23.1 Å². The van der Waals surface area contributed by atoms with Gasteiger partial charge in [0.1, 0.15) is 10.8 Å². The van der Waals surface area contributed by atoms with Crippen molar-refractivity contribution in [1.82, 2.24) is 10.2 Å². The number of hydrogen-bond acceptors (Lipinski definition) is 5. The highest BCUT2D eigenvalue weighted by Crippen LogP contribution is 2.24. The number of aromatic nitrogens is 2. The molecule has 0 saturated carbocycles. The molecule has 4 nitrogen and oxygen atoms in total. The van der Waals surface area contributed by atoms with Crippen molar-refractivity contribution in [1.29, 1.82) is 0 Å². The van der Waals surface area contributed by atoms with Gasteiger partial charge in [-0.3, -0.25) is 0 Å². The molecule has 2 N–H and O–H groups in total. The largest absolute Gasteiger partial charge is 0.493 e. The number of ether oxygens (including phenoxy) is 1. The van der Waals surface area contributed by atoms with Crippen molar-refractivity contribution in [3.63, 3.8) is 0 Å². The van der Waals surface area contributed by atoms with Gasteiger partial charge in [0.2, 0.25) is 5.13 Å². The van der Waals surface area contributed by atoms with E-state index in [-0.39, 0.29) is 5.41 Å². The van der Waals surface area contributed by atoms with Crippen LogP contribution in [-0.2, 0) is 11.8 Å². The summed E-state index contributed by atoms with van der Waals surface area (Å²) in [5.74, 6) is 0.880. The number of nitrogens with two attached hydrogens (primary N) is 1. The quantitative estimate of drug-likeness (QED) is 0.933. The molecule has 2 rings (SSSR count). The molecule has 1 aromatic carbocycles. The van der Waals surface area contributed by atoms with E-state index in [9.17, 15) is 0 Å². The molecular formula is C14H19N3OS. The van der Waals surface area contributed by atoms with Crippen molar-refractivity contribution in [2.75, 3.05) is 12.3 Å². The molecule has 0 aliphatic heterocycles. The molecule has 1 aromatic heterocycles. The Kier molecular flexibility index (Phi) is 4.04. The molecule has 0 amide bonds. The van der Waals surface area contributed by atoms with Crippen molar-refractivity contribution in [3.05, 3.63) is 34.8 Å². The Labute approximate surface area is 117 Å². The molecule has 0 atom stereocenters. The molecule has 1 heterocycles. The van der Waals surface area contributed by atoms with Gasteiger partial charge in [0.05, 0.1) is 6.61 Å². The second-order valence-corrected chi connectivity index (χ2v) is 6.50. The van der Waals surface area contributed by atoms with Crippen LogP contribution in [0.4, 0.5) is 5.13 Å². The van der Waals surface area contributed by atoms with Crippen LogP contribution in [0, 0.1) is 0 Å². The minimum atomic E-state index is 0.169. The van der Waals surface area contributed by atoms with Crippen LogP contribution in [0.25, 0.3) is 0 Å². The van der Waals surface area contributed by atoms with Gasteiger partial charge in [0, 0.05) is 6.42 Å². The Morgan fingerprint density at radius 3 is 2.37 bits per heavy atom. The van der Waals surface area contributed by atoms with Gasteiger partial charge in [-0.15, -0.1) is 10.2 Å². The molecule has 102 valence electrons. The average molecular weight is 277 g/mol. The number of hydrogen-bond donors (Lipinski definition) is 1. The standard InChI is InChI=1S/C14H19N3OS/c1-14(2,3)10-4-6-11(7-5-10)18-9-8-12-16-17-13(15)19-12/h4-7H,8-9H2,1-3H3,(H2,15,17). The minimum absolute atomic E-state index is 0.169. The number of nitrogens with zero attached hydrogens (tertiary/aromatic N) is 2. The van der Waals surface area contributed by atoms with E-state index in [0.29, 0.717) is 11.7 Å². The summed E-state index contributed by atoms with van der Waals surface area (Å²) in [6, 6.07) is 8.24. The summed E-state index contributed by atoms with van der Waals surface area (Å²) in [5, 5.41) is 9.14. The van der Waals surface area contributed by atoms with Gasteiger partial charge < -0.3 is 10.5 Å². The van der Waals surface area contributed by atoms with Gasteiger partial charge in [-0.1, -0.05) is 44.2 Å². The average Bonchev–Trinajstić information content (AvgIpc) is 2.75.